The van der Waals surface area contributed by atoms with Gasteiger partial charge in [0.1, 0.15) is 11.9 Å². The maximum Gasteiger partial charge on any atom is 0.338 e. The molecule has 0 saturated heterocycles. The van der Waals surface area contributed by atoms with Crippen LogP contribution < -0.4 is 5.73 Å². The minimum absolute atomic E-state index is 0.0183. The molecule has 3 N–H and O–H groups in total. The van der Waals surface area contributed by atoms with Crippen LogP contribution in [0.5, 0.6) is 5.75 Å². The van der Waals surface area contributed by atoms with E-state index in [1.165, 1.54) is 18.2 Å². The van der Waals surface area contributed by atoms with Crippen molar-refractivity contribution in [3.05, 3.63) is 23.8 Å². The number of esters is 1. The van der Waals surface area contributed by atoms with Gasteiger partial charge in [-0.25, -0.2) is 4.79 Å². The van der Waals surface area contributed by atoms with E-state index in [2.05, 4.69) is 0 Å². The molecule has 0 aliphatic heterocycles. The van der Waals surface area contributed by atoms with Crippen molar-refractivity contribution in [2.75, 3.05) is 5.73 Å². The number of carbonyl (C=O) groups is 1. The van der Waals surface area contributed by atoms with E-state index in [-0.39, 0.29) is 23.5 Å². The van der Waals surface area contributed by atoms with Crippen LogP contribution >= 0.6 is 0 Å². The molecule has 1 fully saturated rings. The lowest BCUT2D eigenvalue weighted by molar-refractivity contribution is 0.00901. The van der Waals surface area contributed by atoms with Crippen LogP contribution in [0.1, 0.15) is 29.6 Å². The zero-order valence-corrected chi connectivity index (χ0v) is 8.27. The zero-order valence-electron chi connectivity index (χ0n) is 8.27. The lowest BCUT2D eigenvalue weighted by Crippen LogP contribution is -2.25. The lowest BCUT2D eigenvalue weighted by atomic mass is 9.96. The molecule has 0 spiro atoms. The summed E-state index contributed by atoms with van der Waals surface area (Å²) in [7, 11) is 0. The molecule has 4 heteroatoms. The SMILES string of the molecule is Nc1cc(C(=O)OC2CCC2)ccc1O. The highest BCUT2D eigenvalue weighted by atomic mass is 16.5. The number of nitrogens with two attached hydrogens (primary N) is 1. The standard InChI is InChI=1S/C11H13NO3/c12-9-6-7(4-5-10(9)13)11(14)15-8-2-1-3-8/h4-6,8,13H,1-3,12H2. The van der Waals surface area contributed by atoms with Crippen molar-refractivity contribution in [2.24, 2.45) is 0 Å². The van der Waals surface area contributed by atoms with Gasteiger partial charge in [-0.2, -0.15) is 0 Å². The van der Waals surface area contributed by atoms with E-state index in [1.807, 2.05) is 0 Å². The quantitative estimate of drug-likeness (QED) is 0.439. The summed E-state index contributed by atoms with van der Waals surface area (Å²) in [4.78, 5) is 11.6. The molecule has 1 aliphatic rings. The van der Waals surface area contributed by atoms with Gasteiger partial charge >= 0.3 is 5.97 Å². The minimum atomic E-state index is -0.369. The molecule has 0 bridgehead atoms. The lowest BCUT2D eigenvalue weighted by Gasteiger charge is -2.25. The monoisotopic (exact) mass is 207 g/mol. The summed E-state index contributed by atoms with van der Waals surface area (Å²) < 4.78 is 5.19. The molecule has 1 aromatic rings. The third kappa shape index (κ3) is 2.03. The molecule has 0 radical (unpaired) electrons. The molecule has 80 valence electrons. The predicted molar refractivity (Wildman–Crippen MR) is 55.6 cm³/mol. The predicted octanol–water partition coefficient (Wildman–Crippen LogP) is 1.68. The highest BCUT2D eigenvalue weighted by Gasteiger charge is 2.22. The Bertz CT molecular complexity index is 385. The third-order valence-electron chi connectivity index (χ3n) is 2.59. The Morgan fingerprint density at radius 1 is 1.47 bits per heavy atom. The second kappa shape index (κ2) is 3.81. The van der Waals surface area contributed by atoms with E-state index in [1.54, 1.807) is 0 Å². The summed E-state index contributed by atoms with van der Waals surface area (Å²) >= 11 is 0. The highest BCUT2D eigenvalue weighted by molar-refractivity contribution is 5.91. The average Bonchev–Trinajstić information content (AvgIpc) is 2.15. The molecule has 0 atom stereocenters. The Balaban J connectivity index is 2.07. The van der Waals surface area contributed by atoms with Crippen molar-refractivity contribution in [1.82, 2.24) is 0 Å². The van der Waals surface area contributed by atoms with Crippen molar-refractivity contribution >= 4 is 11.7 Å². The fourth-order valence-corrected chi connectivity index (χ4v) is 1.39. The number of benzene rings is 1. The molecule has 1 saturated carbocycles. The Morgan fingerprint density at radius 3 is 2.73 bits per heavy atom. The van der Waals surface area contributed by atoms with Crippen molar-refractivity contribution < 1.29 is 14.6 Å². The number of rotatable bonds is 2. The normalized spacial score (nSPS) is 15.7. The number of aromatic hydroxyl groups is 1. The van der Waals surface area contributed by atoms with Crippen LogP contribution in [0, 0.1) is 0 Å². The van der Waals surface area contributed by atoms with Crippen molar-refractivity contribution in [3.63, 3.8) is 0 Å². The molecule has 1 aromatic carbocycles. The summed E-state index contributed by atoms with van der Waals surface area (Å²) in [5.74, 6) is -0.387. The van der Waals surface area contributed by atoms with Gasteiger partial charge in [0, 0.05) is 0 Å². The summed E-state index contributed by atoms with van der Waals surface area (Å²) in [5, 5.41) is 9.19. The molecule has 0 amide bonds. The molecule has 1 aliphatic carbocycles. The van der Waals surface area contributed by atoms with Gasteiger partial charge < -0.3 is 15.6 Å². The summed E-state index contributed by atoms with van der Waals surface area (Å²) in [6.07, 6.45) is 3.07. The Hall–Kier alpha value is -1.71. The number of nitrogen functional groups attached to an aromatic ring is 1. The van der Waals surface area contributed by atoms with E-state index >= 15 is 0 Å². The molecule has 0 unspecified atom stereocenters. The van der Waals surface area contributed by atoms with Gasteiger partial charge in [0.15, 0.2) is 0 Å². The van der Waals surface area contributed by atoms with Gasteiger partial charge in [0.25, 0.3) is 0 Å². The van der Waals surface area contributed by atoms with Gasteiger partial charge in [0.2, 0.25) is 0 Å². The smallest absolute Gasteiger partial charge is 0.338 e. The first kappa shape index (κ1) is 9.83. The van der Waals surface area contributed by atoms with Crippen LogP contribution in [-0.2, 0) is 4.74 Å². The molecular weight excluding hydrogens is 194 g/mol. The van der Waals surface area contributed by atoms with Crippen LogP contribution in [0.2, 0.25) is 0 Å². The third-order valence-corrected chi connectivity index (χ3v) is 2.59. The Morgan fingerprint density at radius 2 is 2.20 bits per heavy atom. The van der Waals surface area contributed by atoms with E-state index < -0.39 is 0 Å². The van der Waals surface area contributed by atoms with Gasteiger partial charge in [-0.1, -0.05) is 0 Å². The largest absolute Gasteiger partial charge is 0.506 e. The Labute approximate surface area is 87.7 Å². The summed E-state index contributed by atoms with van der Waals surface area (Å²) in [6.45, 7) is 0. The maximum atomic E-state index is 11.6. The molecule has 0 aromatic heterocycles. The molecule has 0 heterocycles. The summed E-state index contributed by atoms with van der Waals surface area (Å²) in [5.41, 5.74) is 6.06. The second-order valence-corrected chi connectivity index (χ2v) is 3.73. The molecule has 2 rings (SSSR count). The van der Waals surface area contributed by atoms with E-state index in [0.29, 0.717) is 5.56 Å². The average molecular weight is 207 g/mol. The molecule has 4 nitrogen and oxygen atoms in total. The second-order valence-electron chi connectivity index (χ2n) is 3.73. The number of anilines is 1. The topological polar surface area (TPSA) is 72.6 Å². The highest BCUT2D eigenvalue weighted by Crippen LogP contribution is 2.25. The Kier molecular flexibility index (Phi) is 2.49. The summed E-state index contributed by atoms with van der Waals surface area (Å²) in [6, 6.07) is 4.33. The van der Waals surface area contributed by atoms with Crippen molar-refractivity contribution in [2.45, 2.75) is 25.4 Å². The van der Waals surface area contributed by atoms with E-state index in [0.717, 1.165) is 19.3 Å². The number of hydrogen-bond acceptors (Lipinski definition) is 4. The first-order valence-corrected chi connectivity index (χ1v) is 4.96. The zero-order chi connectivity index (χ0) is 10.8. The van der Waals surface area contributed by atoms with E-state index in [4.69, 9.17) is 10.5 Å². The number of phenolic OH excluding ortho intramolecular Hbond substituents is 1. The van der Waals surface area contributed by atoms with Crippen LogP contribution in [0.3, 0.4) is 0 Å². The van der Waals surface area contributed by atoms with Gasteiger partial charge in [-0.15, -0.1) is 0 Å². The van der Waals surface area contributed by atoms with Gasteiger partial charge in [0.05, 0.1) is 11.3 Å². The van der Waals surface area contributed by atoms with Crippen LogP contribution in [0.15, 0.2) is 18.2 Å². The van der Waals surface area contributed by atoms with Crippen molar-refractivity contribution in [1.29, 1.82) is 0 Å². The van der Waals surface area contributed by atoms with Crippen LogP contribution in [-0.4, -0.2) is 17.2 Å². The van der Waals surface area contributed by atoms with Gasteiger partial charge in [-0.05, 0) is 37.5 Å². The van der Waals surface area contributed by atoms with E-state index in [9.17, 15) is 9.90 Å². The number of carbonyl (C=O) groups excluding carboxylic acids is 1. The molecular formula is C11H13NO3. The first-order valence-electron chi connectivity index (χ1n) is 4.96. The maximum absolute atomic E-state index is 11.6. The fraction of sp³-hybridized carbons (Fsp3) is 0.364. The van der Waals surface area contributed by atoms with Crippen molar-refractivity contribution in [3.8, 4) is 5.75 Å². The number of hydrogen-bond donors (Lipinski definition) is 2. The number of phenols is 1. The fourth-order valence-electron chi connectivity index (χ4n) is 1.39. The van der Waals surface area contributed by atoms with Crippen LogP contribution in [0.4, 0.5) is 5.69 Å². The van der Waals surface area contributed by atoms with Gasteiger partial charge in [-0.3, -0.25) is 0 Å². The minimum Gasteiger partial charge on any atom is -0.506 e. The number of ether oxygens (including phenoxy) is 1. The molecule has 15 heavy (non-hydrogen) atoms. The first-order chi connectivity index (χ1) is 7.16. The van der Waals surface area contributed by atoms with Crippen LogP contribution in [0.25, 0.3) is 0 Å².